The smallest absolute Gasteiger partial charge is 0.293 e. The number of amides is 2. The van der Waals surface area contributed by atoms with Gasteiger partial charge in [-0.05, 0) is 56.4 Å². The van der Waals surface area contributed by atoms with Crippen molar-refractivity contribution in [3.63, 3.8) is 0 Å². The topological polar surface area (TPSA) is 124 Å². The quantitative estimate of drug-likeness (QED) is 0.323. The van der Waals surface area contributed by atoms with Crippen molar-refractivity contribution < 1.29 is 23.9 Å². The van der Waals surface area contributed by atoms with Gasteiger partial charge in [0, 0.05) is 31.3 Å². The molecule has 0 unspecified atom stereocenters. The van der Waals surface area contributed by atoms with Crippen molar-refractivity contribution in [2.45, 2.75) is 38.3 Å². The molecule has 8 nitrogen and oxygen atoms in total. The maximum atomic E-state index is 13.6. The molecule has 1 heterocycles. The molecule has 3 N–H and O–H groups in total. The first-order chi connectivity index (χ1) is 16.7. The zero-order valence-electron chi connectivity index (χ0n) is 21.1. The van der Waals surface area contributed by atoms with Crippen LogP contribution in [-0.4, -0.2) is 57.7 Å². The van der Waals surface area contributed by atoms with Gasteiger partial charge in [0.05, 0.1) is 17.2 Å². The van der Waals surface area contributed by atoms with Crippen molar-refractivity contribution in [2.24, 2.45) is 7.05 Å². The Kier molecular flexibility index (Phi) is 7.35. The van der Waals surface area contributed by atoms with Crippen LogP contribution < -0.4 is 10.6 Å². The van der Waals surface area contributed by atoms with E-state index < -0.39 is 45.1 Å². The maximum absolute atomic E-state index is 13.6. The number of aliphatic hydroxyl groups is 1. The molecule has 0 bridgehead atoms. The Morgan fingerprint density at radius 3 is 2.42 bits per heavy atom. The average molecular weight is 513 g/mol. The van der Waals surface area contributed by atoms with E-state index in [0.717, 1.165) is 6.07 Å². The molecule has 0 spiro atoms. The first-order valence-corrected chi connectivity index (χ1v) is 14.0. The molecule has 1 saturated carbocycles. The highest BCUT2D eigenvalue weighted by Crippen LogP contribution is 2.36. The lowest BCUT2D eigenvalue weighted by Gasteiger charge is -2.42. The van der Waals surface area contributed by atoms with Crippen molar-refractivity contribution in [2.75, 3.05) is 24.1 Å². The van der Waals surface area contributed by atoms with Gasteiger partial charge >= 0.3 is 0 Å². The van der Waals surface area contributed by atoms with Crippen LogP contribution in [0.15, 0.2) is 18.2 Å². The number of anilines is 1. The minimum absolute atomic E-state index is 0.0985. The number of ketones is 1. The molecule has 0 aliphatic heterocycles. The van der Waals surface area contributed by atoms with Crippen LogP contribution in [0.25, 0.3) is 0 Å². The molecule has 0 saturated heterocycles. The Balaban J connectivity index is 1.87. The van der Waals surface area contributed by atoms with E-state index in [9.17, 15) is 23.9 Å². The fourth-order valence-electron chi connectivity index (χ4n) is 4.13. The number of aliphatic hydroxyl groups excluding tert-OH is 1. The summed E-state index contributed by atoms with van der Waals surface area (Å²) in [5, 5.41) is 27.4. The zero-order valence-corrected chi connectivity index (χ0v) is 21.9. The summed E-state index contributed by atoms with van der Waals surface area (Å²) in [5.41, 5.74) is 0.00579. The second kappa shape index (κ2) is 9.81. The van der Waals surface area contributed by atoms with E-state index in [1.165, 1.54) is 16.7 Å². The van der Waals surface area contributed by atoms with Crippen LogP contribution in [0.4, 0.5) is 10.1 Å². The van der Waals surface area contributed by atoms with E-state index >= 15 is 0 Å². The van der Waals surface area contributed by atoms with Crippen molar-refractivity contribution in [1.29, 1.82) is 5.26 Å². The third-order valence-corrected chi connectivity index (χ3v) is 6.76. The van der Waals surface area contributed by atoms with Crippen LogP contribution in [0.1, 0.15) is 50.5 Å². The molecule has 3 rings (SSSR count). The zero-order chi connectivity index (χ0) is 27.0. The standard InChI is InChI=1S/C26H29FN4O4S/c1-15-21(23(33)25(35)30-26(12-19(32)13-26)9-10-36(4,5)6)16(2)31(3)22(15)24(34)29-18-7-8-20(27)17(11-18)14-28/h7-8,11,19,32H,12-13H2,1-6H3,(H,29,34)(H,30,35). The summed E-state index contributed by atoms with van der Waals surface area (Å²) in [5.74, 6) is 0.121. The molecule has 36 heavy (non-hydrogen) atoms. The number of halogens is 1. The van der Waals surface area contributed by atoms with Crippen LogP contribution >= 0.6 is 10.0 Å². The van der Waals surface area contributed by atoms with Gasteiger partial charge in [-0.15, -0.1) is 0 Å². The summed E-state index contributed by atoms with van der Waals surface area (Å²) in [6.07, 6.45) is 5.88. The summed E-state index contributed by atoms with van der Waals surface area (Å²) in [7, 11) is 0.413. The Labute approximate surface area is 211 Å². The predicted molar refractivity (Wildman–Crippen MR) is 138 cm³/mol. The highest BCUT2D eigenvalue weighted by Gasteiger charge is 2.45. The number of nitrogens with one attached hydrogen (secondary N) is 2. The van der Waals surface area contributed by atoms with Gasteiger partial charge in [0.15, 0.2) is 0 Å². The summed E-state index contributed by atoms with van der Waals surface area (Å²) >= 11 is 0. The van der Waals surface area contributed by atoms with Gasteiger partial charge < -0.3 is 20.3 Å². The number of benzene rings is 1. The molecule has 2 amide bonds. The lowest BCUT2D eigenvalue weighted by atomic mass is 9.75. The highest BCUT2D eigenvalue weighted by atomic mass is 32.3. The lowest BCUT2D eigenvalue weighted by Crippen LogP contribution is -2.59. The Hall–Kier alpha value is -3.60. The fraction of sp³-hybridized carbons (Fsp3) is 0.385. The third kappa shape index (κ3) is 5.46. The molecule has 190 valence electrons. The van der Waals surface area contributed by atoms with Gasteiger partial charge in [0.1, 0.15) is 23.1 Å². The second-order valence-corrected chi connectivity index (χ2v) is 13.6. The maximum Gasteiger partial charge on any atom is 0.293 e. The number of hydrogen-bond donors (Lipinski definition) is 3. The lowest BCUT2D eigenvalue weighted by molar-refractivity contribution is -0.120. The SMILES string of the molecule is Cc1c(C(=O)C(=O)NC2(C#CS(C)(C)C)CC(O)C2)c(C)n(C)c1C(=O)Nc1ccc(F)c(C#N)c1. The highest BCUT2D eigenvalue weighted by molar-refractivity contribution is 8.35. The Morgan fingerprint density at radius 2 is 1.86 bits per heavy atom. The van der Waals surface area contributed by atoms with E-state index in [0.29, 0.717) is 11.3 Å². The summed E-state index contributed by atoms with van der Waals surface area (Å²) in [6, 6.07) is 5.33. The van der Waals surface area contributed by atoms with Crippen molar-refractivity contribution in [3.05, 3.63) is 52.1 Å². The normalized spacial score (nSPS) is 19.2. The first-order valence-electron chi connectivity index (χ1n) is 11.1. The number of rotatable bonds is 5. The molecule has 0 atom stereocenters. The van der Waals surface area contributed by atoms with Gasteiger partial charge in [-0.25, -0.2) is 4.39 Å². The summed E-state index contributed by atoms with van der Waals surface area (Å²) in [4.78, 5) is 39.2. The Bertz CT molecular complexity index is 1370. The van der Waals surface area contributed by atoms with Crippen molar-refractivity contribution >= 4 is 33.3 Å². The number of nitrogens with zero attached hydrogens (tertiary/aromatic N) is 2. The number of nitriles is 1. The minimum Gasteiger partial charge on any atom is -0.393 e. The van der Waals surface area contributed by atoms with Gasteiger partial charge in [0.25, 0.3) is 17.6 Å². The van der Waals surface area contributed by atoms with Crippen LogP contribution in [0.2, 0.25) is 0 Å². The van der Waals surface area contributed by atoms with Gasteiger partial charge in [-0.3, -0.25) is 14.4 Å². The molecule has 2 aromatic rings. The van der Waals surface area contributed by atoms with Crippen LogP contribution in [-0.2, 0) is 11.8 Å². The second-order valence-electron chi connectivity index (χ2n) is 9.75. The molecule has 1 aromatic heterocycles. The first kappa shape index (κ1) is 27.0. The molecular weight excluding hydrogens is 483 g/mol. The molecule has 0 radical (unpaired) electrons. The van der Waals surface area contributed by atoms with Gasteiger partial charge in [-0.1, -0.05) is 11.2 Å². The average Bonchev–Trinajstić information content (AvgIpc) is 2.99. The van der Waals surface area contributed by atoms with E-state index in [1.54, 1.807) is 27.0 Å². The van der Waals surface area contributed by atoms with Crippen LogP contribution in [0, 0.1) is 42.2 Å². The van der Waals surface area contributed by atoms with E-state index in [2.05, 4.69) is 21.8 Å². The van der Waals surface area contributed by atoms with Gasteiger partial charge in [-0.2, -0.15) is 15.3 Å². The van der Waals surface area contributed by atoms with E-state index in [1.807, 2.05) is 18.8 Å². The fourth-order valence-corrected chi connectivity index (χ4v) is 4.63. The predicted octanol–water partition coefficient (Wildman–Crippen LogP) is 2.75. The molecular formula is C26H29FN4O4S. The number of hydrogen-bond acceptors (Lipinski definition) is 5. The third-order valence-electron chi connectivity index (χ3n) is 6.04. The summed E-state index contributed by atoms with van der Waals surface area (Å²) in [6.45, 7) is 3.20. The molecule has 1 aliphatic carbocycles. The van der Waals surface area contributed by atoms with Crippen molar-refractivity contribution in [1.82, 2.24) is 9.88 Å². The van der Waals surface area contributed by atoms with Crippen molar-refractivity contribution in [3.8, 4) is 17.2 Å². The largest absolute Gasteiger partial charge is 0.393 e. The monoisotopic (exact) mass is 512 g/mol. The van der Waals surface area contributed by atoms with E-state index in [4.69, 9.17) is 5.26 Å². The number of aromatic nitrogens is 1. The Morgan fingerprint density at radius 1 is 1.22 bits per heavy atom. The van der Waals surface area contributed by atoms with Crippen LogP contribution in [0.3, 0.4) is 0 Å². The molecule has 1 aromatic carbocycles. The molecule has 1 fully saturated rings. The number of carbonyl (C=O) groups is 3. The number of carbonyl (C=O) groups excluding carboxylic acids is 3. The van der Waals surface area contributed by atoms with Gasteiger partial charge in [0.2, 0.25) is 0 Å². The summed E-state index contributed by atoms with van der Waals surface area (Å²) < 4.78 is 15.1. The minimum atomic E-state index is -1.18. The van der Waals surface area contributed by atoms with E-state index in [-0.39, 0.29) is 35.3 Å². The van der Waals surface area contributed by atoms with Crippen LogP contribution in [0.5, 0.6) is 0 Å². The number of Topliss-reactive ketones (excluding diaryl/α,β-unsaturated/α-hetero) is 1. The molecule has 10 heteroatoms. The molecule has 1 aliphatic rings.